The molecule has 0 bridgehead atoms. The van der Waals surface area contributed by atoms with Crippen LogP contribution in [0.4, 0.5) is 8.78 Å². The number of tetrazole rings is 1. The second-order valence-electron chi connectivity index (χ2n) is 8.42. The number of fused-ring (bicyclic) bond motifs is 1. The minimum absolute atomic E-state index is 0.322. The van der Waals surface area contributed by atoms with E-state index in [0.717, 1.165) is 43.4 Å². The fourth-order valence-corrected chi connectivity index (χ4v) is 5.94. The number of aryl methyl sites for hydroxylation is 2. The maximum Gasteiger partial charge on any atom is 0.243 e. The van der Waals surface area contributed by atoms with Crippen LogP contribution in [0.1, 0.15) is 29.8 Å². The molecule has 3 aromatic rings. The van der Waals surface area contributed by atoms with Crippen molar-refractivity contribution in [3.63, 3.8) is 0 Å². The fourth-order valence-electron chi connectivity index (χ4n) is 4.47. The first-order valence-corrected chi connectivity index (χ1v) is 12.4. The van der Waals surface area contributed by atoms with Crippen LogP contribution < -0.4 is 0 Å². The average Bonchev–Trinajstić information content (AvgIpc) is 3.29. The van der Waals surface area contributed by atoms with Gasteiger partial charge in [0.05, 0.1) is 17.1 Å². The van der Waals surface area contributed by atoms with Crippen molar-refractivity contribution in [1.82, 2.24) is 29.4 Å². The van der Waals surface area contributed by atoms with Gasteiger partial charge in [-0.2, -0.15) is 8.99 Å². The number of piperazine rings is 1. The maximum atomic E-state index is 13.6. The number of hydrogen-bond donors (Lipinski definition) is 0. The zero-order valence-corrected chi connectivity index (χ0v) is 18.8. The third-order valence-corrected chi connectivity index (χ3v) is 8.23. The molecule has 11 heteroatoms. The quantitative estimate of drug-likeness (QED) is 0.565. The summed E-state index contributed by atoms with van der Waals surface area (Å²) in [6.07, 6.45) is 4.19. The maximum absolute atomic E-state index is 13.6. The van der Waals surface area contributed by atoms with Gasteiger partial charge in [-0.1, -0.05) is 6.07 Å². The van der Waals surface area contributed by atoms with E-state index in [9.17, 15) is 17.2 Å². The molecule has 2 aliphatic rings. The number of benzene rings is 2. The second kappa shape index (κ2) is 8.88. The highest BCUT2D eigenvalue weighted by Crippen LogP contribution is 2.26. The largest absolute Gasteiger partial charge is 0.293 e. The predicted molar refractivity (Wildman–Crippen MR) is 116 cm³/mol. The molecule has 2 aromatic carbocycles. The lowest BCUT2D eigenvalue weighted by atomic mass is 9.92. The summed E-state index contributed by atoms with van der Waals surface area (Å²) >= 11 is 0. The molecule has 8 nitrogen and oxygen atoms in total. The van der Waals surface area contributed by atoms with E-state index in [4.69, 9.17) is 0 Å². The Labute approximate surface area is 190 Å². The van der Waals surface area contributed by atoms with Gasteiger partial charge < -0.3 is 0 Å². The first-order chi connectivity index (χ1) is 15.9. The van der Waals surface area contributed by atoms with Crippen molar-refractivity contribution in [3.8, 4) is 5.69 Å². The number of aromatic nitrogens is 4. The molecular formula is C22H24F2N6O2S. The number of hydrogen-bond acceptors (Lipinski definition) is 6. The molecule has 1 aliphatic heterocycles. The van der Waals surface area contributed by atoms with Crippen molar-refractivity contribution in [2.24, 2.45) is 0 Å². The second-order valence-corrected chi connectivity index (χ2v) is 10.4. The summed E-state index contributed by atoms with van der Waals surface area (Å²) in [4.78, 5) is 2.40. The molecule has 1 fully saturated rings. The average molecular weight is 475 g/mol. The molecular weight excluding hydrogens is 450 g/mol. The lowest BCUT2D eigenvalue weighted by Gasteiger charge is -2.33. The van der Waals surface area contributed by atoms with Crippen LogP contribution in [0.25, 0.3) is 5.69 Å². The van der Waals surface area contributed by atoms with Gasteiger partial charge in [0.1, 0.15) is 0 Å². The number of sulfonamides is 1. The molecule has 1 aromatic heterocycles. The van der Waals surface area contributed by atoms with Crippen LogP contribution in [0.2, 0.25) is 0 Å². The smallest absolute Gasteiger partial charge is 0.243 e. The van der Waals surface area contributed by atoms with E-state index >= 15 is 0 Å². The van der Waals surface area contributed by atoms with E-state index in [1.165, 1.54) is 20.6 Å². The Morgan fingerprint density at radius 2 is 1.64 bits per heavy atom. The van der Waals surface area contributed by atoms with Crippen LogP contribution in [-0.2, 0) is 29.4 Å². The number of halogens is 2. The molecule has 33 heavy (non-hydrogen) atoms. The van der Waals surface area contributed by atoms with E-state index in [-0.39, 0.29) is 0 Å². The zero-order chi connectivity index (χ0) is 23.0. The van der Waals surface area contributed by atoms with Gasteiger partial charge in [-0.3, -0.25) is 4.90 Å². The van der Waals surface area contributed by atoms with Crippen molar-refractivity contribution >= 4 is 10.0 Å². The molecule has 1 saturated heterocycles. The van der Waals surface area contributed by atoms with Crippen molar-refractivity contribution in [1.29, 1.82) is 0 Å². The third-order valence-electron chi connectivity index (χ3n) is 6.34. The van der Waals surface area contributed by atoms with Gasteiger partial charge in [0.2, 0.25) is 10.0 Å². The molecule has 0 amide bonds. The third kappa shape index (κ3) is 4.40. The highest BCUT2D eigenvalue weighted by Gasteiger charge is 2.30. The van der Waals surface area contributed by atoms with Gasteiger partial charge in [0.15, 0.2) is 17.5 Å². The van der Waals surface area contributed by atoms with Gasteiger partial charge in [-0.05, 0) is 71.5 Å². The number of rotatable bonds is 5. The van der Waals surface area contributed by atoms with Crippen LogP contribution >= 0.6 is 0 Å². The van der Waals surface area contributed by atoms with E-state index in [2.05, 4.69) is 15.5 Å². The summed E-state index contributed by atoms with van der Waals surface area (Å²) in [6.45, 7) is 2.08. The van der Waals surface area contributed by atoms with Gasteiger partial charge >= 0.3 is 0 Å². The van der Waals surface area contributed by atoms with Crippen LogP contribution in [-0.4, -0.2) is 64.0 Å². The van der Waals surface area contributed by atoms with Gasteiger partial charge in [0, 0.05) is 32.2 Å². The molecule has 0 N–H and O–H groups in total. The topological polar surface area (TPSA) is 84.2 Å². The Morgan fingerprint density at radius 1 is 0.879 bits per heavy atom. The Hall–Kier alpha value is -2.76. The van der Waals surface area contributed by atoms with E-state index in [1.54, 1.807) is 6.07 Å². The molecule has 0 saturated carbocycles. The van der Waals surface area contributed by atoms with Crippen LogP contribution in [0.5, 0.6) is 0 Å². The number of nitrogens with zero attached hydrogens (tertiary/aromatic N) is 6. The Kier molecular flexibility index (Phi) is 5.94. The first-order valence-electron chi connectivity index (χ1n) is 11.0. The molecule has 2 heterocycles. The standard InChI is InChI=1S/C22H24F2N6O2S/c23-20-8-6-18(14-21(20)24)30-22(25-26-27-30)15-28-9-11-29(12-10-28)33(31,32)19-7-5-16-3-1-2-4-17(16)13-19/h5-8,13-14H,1-4,9-12,15H2. The molecule has 174 valence electrons. The molecule has 5 rings (SSSR count). The first kappa shape index (κ1) is 22.1. The summed E-state index contributed by atoms with van der Waals surface area (Å²) in [5.74, 6) is -1.45. The Balaban J connectivity index is 1.26. The lowest BCUT2D eigenvalue weighted by molar-refractivity contribution is 0.177. The van der Waals surface area contributed by atoms with Crippen molar-refractivity contribution in [2.75, 3.05) is 26.2 Å². The Bertz CT molecular complexity index is 1270. The van der Waals surface area contributed by atoms with Crippen LogP contribution in [0, 0.1) is 11.6 Å². The van der Waals surface area contributed by atoms with Gasteiger partial charge in [-0.25, -0.2) is 17.2 Å². The highest BCUT2D eigenvalue weighted by molar-refractivity contribution is 7.89. The highest BCUT2D eigenvalue weighted by atomic mass is 32.2. The summed E-state index contributed by atoms with van der Waals surface area (Å²) in [5.41, 5.74) is 2.72. The monoisotopic (exact) mass is 474 g/mol. The summed E-state index contributed by atoms with van der Waals surface area (Å²) in [7, 11) is -3.56. The van der Waals surface area contributed by atoms with Crippen LogP contribution in [0.15, 0.2) is 41.3 Å². The fraction of sp³-hybridized carbons (Fsp3) is 0.409. The van der Waals surface area contributed by atoms with Crippen molar-refractivity contribution in [2.45, 2.75) is 37.1 Å². The zero-order valence-electron chi connectivity index (χ0n) is 18.0. The predicted octanol–water partition coefficient (Wildman–Crippen LogP) is 2.33. The van der Waals surface area contributed by atoms with E-state index < -0.39 is 21.7 Å². The lowest BCUT2D eigenvalue weighted by Crippen LogP contribution is -2.48. The van der Waals surface area contributed by atoms with Crippen LogP contribution in [0.3, 0.4) is 0 Å². The molecule has 1 aliphatic carbocycles. The summed E-state index contributed by atoms with van der Waals surface area (Å²) in [5, 5.41) is 11.6. The minimum atomic E-state index is -3.56. The summed E-state index contributed by atoms with van der Waals surface area (Å²) < 4.78 is 56.2. The normalized spacial score (nSPS) is 17.8. The summed E-state index contributed by atoms with van der Waals surface area (Å²) in [6, 6.07) is 8.99. The molecule has 0 atom stereocenters. The molecule has 0 unspecified atom stereocenters. The minimum Gasteiger partial charge on any atom is -0.293 e. The van der Waals surface area contributed by atoms with Gasteiger partial charge in [-0.15, -0.1) is 5.10 Å². The van der Waals surface area contributed by atoms with Crippen molar-refractivity contribution < 1.29 is 17.2 Å². The van der Waals surface area contributed by atoms with Gasteiger partial charge in [0.25, 0.3) is 0 Å². The van der Waals surface area contributed by atoms with E-state index in [1.807, 2.05) is 17.0 Å². The van der Waals surface area contributed by atoms with Crippen molar-refractivity contribution in [3.05, 3.63) is 65.0 Å². The Morgan fingerprint density at radius 3 is 2.39 bits per heavy atom. The SMILES string of the molecule is O=S(=O)(c1ccc2c(c1)CCCC2)N1CCN(Cc2nnnn2-c2ccc(F)c(F)c2)CC1. The molecule has 0 spiro atoms. The van der Waals surface area contributed by atoms with E-state index in [0.29, 0.717) is 49.1 Å². The molecule has 0 radical (unpaired) electrons.